The molecule has 5 rings (SSSR count). The molecule has 0 unspecified atom stereocenters. The molecule has 0 aliphatic heterocycles. The van der Waals surface area contributed by atoms with Gasteiger partial charge in [0, 0.05) is 44.8 Å². The van der Waals surface area contributed by atoms with E-state index >= 15 is 0 Å². The van der Waals surface area contributed by atoms with E-state index in [1.54, 1.807) is 13.8 Å². The SMILES string of the molecule is CCc1cc2[nH]c(=O)c(Cc3ccc(-c4cc(C)sc4S(=O)(=O)Nc4noc(C)c4C)cc3)cc2c(CC)n1. The molecule has 10 heteroatoms. The average molecular weight is 563 g/mol. The third-order valence-corrected chi connectivity index (χ3v) is 9.78. The molecular formula is C29H30N4O4S2. The summed E-state index contributed by atoms with van der Waals surface area (Å²) >= 11 is 1.20. The number of aryl methyl sites for hydroxylation is 4. The average Bonchev–Trinajstić information content (AvgIpc) is 3.46. The van der Waals surface area contributed by atoms with Crippen LogP contribution in [-0.4, -0.2) is 23.5 Å². The fourth-order valence-corrected chi connectivity index (χ4v) is 7.27. The van der Waals surface area contributed by atoms with Crippen molar-refractivity contribution in [2.24, 2.45) is 0 Å². The van der Waals surface area contributed by atoms with Gasteiger partial charge in [-0.05, 0) is 62.9 Å². The van der Waals surface area contributed by atoms with Gasteiger partial charge >= 0.3 is 0 Å². The molecule has 202 valence electrons. The first-order chi connectivity index (χ1) is 18.6. The van der Waals surface area contributed by atoms with Crippen LogP contribution in [0.25, 0.3) is 22.0 Å². The number of aromatic nitrogens is 3. The Bertz CT molecular complexity index is 1850. The number of fused-ring (bicyclic) bond motifs is 1. The topological polar surface area (TPSA) is 118 Å². The minimum Gasteiger partial charge on any atom is -0.359 e. The Morgan fingerprint density at radius 1 is 1.03 bits per heavy atom. The summed E-state index contributed by atoms with van der Waals surface area (Å²) in [5.74, 6) is 0.747. The number of aromatic amines is 1. The number of anilines is 1. The zero-order valence-corrected chi connectivity index (χ0v) is 24.1. The minimum absolute atomic E-state index is 0.117. The quantitative estimate of drug-likeness (QED) is 0.237. The monoisotopic (exact) mass is 562 g/mol. The maximum atomic E-state index is 13.3. The number of rotatable bonds is 8. The Hall–Kier alpha value is -3.76. The van der Waals surface area contributed by atoms with Gasteiger partial charge in [0.05, 0.1) is 5.52 Å². The Morgan fingerprint density at radius 2 is 1.77 bits per heavy atom. The molecule has 0 spiro atoms. The van der Waals surface area contributed by atoms with E-state index in [9.17, 15) is 13.2 Å². The molecule has 2 N–H and O–H groups in total. The molecule has 1 aromatic carbocycles. The Labute approximate surface area is 231 Å². The first kappa shape index (κ1) is 26.8. The summed E-state index contributed by atoms with van der Waals surface area (Å²) in [5.41, 5.74) is 6.28. The number of pyridine rings is 2. The van der Waals surface area contributed by atoms with Crippen molar-refractivity contribution in [3.63, 3.8) is 0 Å². The van der Waals surface area contributed by atoms with Crippen LogP contribution in [0.3, 0.4) is 0 Å². The molecule has 0 saturated heterocycles. The first-order valence-electron chi connectivity index (χ1n) is 12.8. The predicted molar refractivity (Wildman–Crippen MR) is 155 cm³/mol. The van der Waals surface area contributed by atoms with Crippen molar-refractivity contribution in [3.05, 3.63) is 91.5 Å². The van der Waals surface area contributed by atoms with Gasteiger partial charge in [-0.15, -0.1) is 11.3 Å². The third-order valence-electron chi connectivity index (χ3n) is 6.86. The van der Waals surface area contributed by atoms with Crippen LogP contribution >= 0.6 is 11.3 Å². The molecule has 0 radical (unpaired) electrons. The molecule has 4 aromatic heterocycles. The highest BCUT2D eigenvalue weighted by Crippen LogP contribution is 2.36. The van der Waals surface area contributed by atoms with Crippen molar-refractivity contribution in [2.45, 2.75) is 58.1 Å². The van der Waals surface area contributed by atoms with Gasteiger partial charge in [0.25, 0.3) is 15.6 Å². The van der Waals surface area contributed by atoms with Crippen molar-refractivity contribution in [2.75, 3.05) is 4.72 Å². The van der Waals surface area contributed by atoms with Gasteiger partial charge in [0.1, 0.15) is 9.97 Å². The lowest BCUT2D eigenvalue weighted by atomic mass is 10.0. The standard InChI is InChI=1S/C29H30N4O4S2/c1-6-22-15-26-24(25(7-2)30-22)14-21(28(34)31-26)13-19-8-10-20(11-9-19)23-12-16(3)38-29(23)39(35,36)33-27-17(4)18(5)37-32-27/h8-12,14-15H,6-7,13H2,1-5H3,(H,31,34)(H,32,33). The summed E-state index contributed by atoms with van der Waals surface area (Å²) in [5, 5.41) is 4.81. The molecule has 0 saturated carbocycles. The number of nitrogens with one attached hydrogen (secondary N) is 2. The third kappa shape index (κ3) is 5.26. The predicted octanol–water partition coefficient (Wildman–Crippen LogP) is 6.08. The number of hydrogen-bond acceptors (Lipinski definition) is 7. The van der Waals surface area contributed by atoms with Gasteiger partial charge in [-0.25, -0.2) is 8.42 Å². The van der Waals surface area contributed by atoms with Crippen LogP contribution in [0.4, 0.5) is 5.82 Å². The number of nitrogens with zero attached hydrogens (tertiary/aromatic N) is 2. The van der Waals surface area contributed by atoms with Gasteiger partial charge in [-0.1, -0.05) is 43.3 Å². The van der Waals surface area contributed by atoms with E-state index in [1.807, 2.05) is 49.4 Å². The van der Waals surface area contributed by atoms with Crippen LogP contribution in [0.2, 0.25) is 0 Å². The van der Waals surface area contributed by atoms with Crippen LogP contribution in [0.1, 0.15) is 52.6 Å². The molecule has 0 fully saturated rings. The lowest BCUT2D eigenvalue weighted by molar-refractivity contribution is 0.399. The summed E-state index contributed by atoms with van der Waals surface area (Å²) in [4.78, 5) is 21.5. The number of sulfonamides is 1. The fourth-order valence-electron chi connectivity index (χ4n) is 4.56. The van der Waals surface area contributed by atoms with Gasteiger partial charge < -0.3 is 9.51 Å². The van der Waals surface area contributed by atoms with Gasteiger partial charge in [-0.2, -0.15) is 0 Å². The van der Waals surface area contributed by atoms with Crippen molar-refractivity contribution in [1.29, 1.82) is 0 Å². The normalized spacial score (nSPS) is 11.8. The summed E-state index contributed by atoms with van der Waals surface area (Å²) < 4.78 is 34.5. The van der Waals surface area contributed by atoms with Crippen LogP contribution in [0, 0.1) is 20.8 Å². The van der Waals surface area contributed by atoms with E-state index in [4.69, 9.17) is 9.51 Å². The fraction of sp³-hybridized carbons (Fsp3) is 0.276. The maximum Gasteiger partial charge on any atom is 0.273 e. The van der Waals surface area contributed by atoms with Gasteiger partial charge in [-0.3, -0.25) is 14.5 Å². The Morgan fingerprint density at radius 3 is 2.41 bits per heavy atom. The van der Waals surface area contributed by atoms with Crippen LogP contribution in [0.5, 0.6) is 0 Å². The lowest BCUT2D eigenvalue weighted by Crippen LogP contribution is -2.14. The second-order valence-electron chi connectivity index (χ2n) is 9.60. The lowest BCUT2D eigenvalue weighted by Gasteiger charge is -2.10. The molecule has 0 aliphatic carbocycles. The highest BCUT2D eigenvalue weighted by molar-refractivity contribution is 7.94. The summed E-state index contributed by atoms with van der Waals surface area (Å²) in [6.45, 7) is 9.48. The van der Waals surface area contributed by atoms with Gasteiger partial charge in [0.15, 0.2) is 5.82 Å². The zero-order valence-electron chi connectivity index (χ0n) is 22.5. The van der Waals surface area contributed by atoms with E-state index in [2.05, 4.69) is 28.7 Å². The molecule has 0 atom stereocenters. The van der Waals surface area contributed by atoms with Crippen LogP contribution < -0.4 is 10.3 Å². The van der Waals surface area contributed by atoms with Crippen molar-refractivity contribution < 1.29 is 12.9 Å². The maximum absolute atomic E-state index is 13.3. The highest BCUT2D eigenvalue weighted by atomic mass is 32.2. The second kappa shape index (κ2) is 10.4. The van der Waals surface area contributed by atoms with Crippen molar-refractivity contribution in [1.82, 2.24) is 15.1 Å². The second-order valence-corrected chi connectivity index (χ2v) is 12.7. The zero-order chi connectivity index (χ0) is 27.9. The molecule has 4 heterocycles. The van der Waals surface area contributed by atoms with E-state index in [0.717, 1.165) is 51.1 Å². The molecule has 5 aromatic rings. The molecule has 0 amide bonds. The van der Waals surface area contributed by atoms with Crippen molar-refractivity contribution >= 4 is 38.1 Å². The van der Waals surface area contributed by atoms with Gasteiger partial charge in [0.2, 0.25) is 0 Å². The summed E-state index contributed by atoms with van der Waals surface area (Å²) in [6, 6.07) is 13.4. The molecule has 8 nitrogen and oxygen atoms in total. The molecular weight excluding hydrogens is 532 g/mol. The summed E-state index contributed by atoms with van der Waals surface area (Å²) in [6.07, 6.45) is 2.03. The van der Waals surface area contributed by atoms with E-state index in [1.165, 1.54) is 11.3 Å². The highest BCUT2D eigenvalue weighted by Gasteiger charge is 2.25. The molecule has 39 heavy (non-hydrogen) atoms. The number of hydrogen-bond donors (Lipinski definition) is 2. The number of thiophene rings is 1. The molecule has 0 aliphatic rings. The van der Waals surface area contributed by atoms with Crippen molar-refractivity contribution in [3.8, 4) is 11.1 Å². The Kier molecular flexibility index (Phi) is 7.17. The van der Waals surface area contributed by atoms with E-state index in [0.29, 0.717) is 28.9 Å². The number of H-pyrrole nitrogens is 1. The number of benzene rings is 1. The Balaban J connectivity index is 1.44. The van der Waals surface area contributed by atoms with E-state index in [-0.39, 0.29) is 15.6 Å². The van der Waals surface area contributed by atoms with Crippen LogP contribution in [-0.2, 0) is 29.3 Å². The van der Waals surface area contributed by atoms with E-state index < -0.39 is 10.0 Å². The van der Waals surface area contributed by atoms with Crippen LogP contribution in [0.15, 0.2) is 56.0 Å². The smallest absolute Gasteiger partial charge is 0.273 e. The summed E-state index contributed by atoms with van der Waals surface area (Å²) in [7, 11) is -3.88. The minimum atomic E-state index is -3.88. The molecule has 0 bridgehead atoms. The largest absolute Gasteiger partial charge is 0.359 e. The first-order valence-corrected chi connectivity index (χ1v) is 15.1.